The van der Waals surface area contributed by atoms with Gasteiger partial charge in [-0.25, -0.2) is 0 Å². The summed E-state index contributed by atoms with van der Waals surface area (Å²) in [5.74, 6) is -1.16. The van der Waals surface area contributed by atoms with Gasteiger partial charge in [0, 0.05) is 6.42 Å². The van der Waals surface area contributed by atoms with Crippen LogP contribution in [-0.4, -0.2) is 49.6 Å². The highest BCUT2D eigenvalue weighted by Gasteiger charge is 2.33. The molecule has 1 amide bonds. The number of hydrogen-bond donors (Lipinski definition) is 1. The SMILES string of the molecule is CCCCCCCCCCCC(=O)NC(CC)C(C(=O)[O-])[N+](C)(C)C. The Morgan fingerprint density at radius 1 is 0.880 bits per heavy atom. The number of quaternary nitrogens is 1. The summed E-state index contributed by atoms with van der Waals surface area (Å²) in [6.45, 7) is 4.12. The summed E-state index contributed by atoms with van der Waals surface area (Å²) in [6, 6.07) is -1.13. The molecule has 0 aromatic heterocycles. The Bertz CT molecular complexity index is 378. The molecule has 0 rings (SSSR count). The van der Waals surface area contributed by atoms with Crippen LogP contribution in [0.4, 0.5) is 0 Å². The first-order valence-corrected chi connectivity index (χ1v) is 10.0. The smallest absolute Gasteiger partial charge is 0.220 e. The van der Waals surface area contributed by atoms with Crippen LogP contribution in [0.2, 0.25) is 0 Å². The van der Waals surface area contributed by atoms with Gasteiger partial charge in [0.05, 0.1) is 27.2 Å². The van der Waals surface area contributed by atoms with Crippen molar-refractivity contribution in [3.05, 3.63) is 0 Å². The van der Waals surface area contributed by atoms with Crippen LogP contribution in [0.3, 0.4) is 0 Å². The molecule has 1 N–H and O–H groups in total. The minimum Gasteiger partial charge on any atom is -0.544 e. The molecule has 0 bridgehead atoms. The average Bonchev–Trinajstić information content (AvgIpc) is 2.50. The lowest BCUT2D eigenvalue weighted by Crippen LogP contribution is -2.64. The van der Waals surface area contributed by atoms with Gasteiger partial charge in [-0.3, -0.25) is 4.79 Å². The van der Waals surface area contributed by atoms with Crippen LogP contribution in [0.1, 0.15) is 84.5 Å². The van der Waals surface area contributed by atoms with Gasteiger partial charge in [0.25, 0.3) is 0 Å². The summed E-state index contributed by atoms with van der Waals surface area (Å²) in [7, 11) is 5.45. The number of unbranched alkanes of at least 4 members (excludes halogenated alkanes) is 8. The zero-order valence-electron chi connectivity index (χ0n) is 17.1. The largest absolute Gasteiger partial charge is 0.544 e. The van der Waals surface area contributed by atoms with Crippen molar-refractivity contribution in [1.82, 2.24) is 5.32 Å². The summed E-state index contributed by atoms with van der Waals surface area (Å²) in [5, 5.41) is 14.4. The van der Waals surface area contributed by atoms with Crippen molar-refractivity contribution in [2.45, 2.75) is 96.6 Å². The summed E-state index contributed by atoms with van der Waals surface area (Å²) < 4.78 is 0.235. The lowest BCUT2D eigenvalue weighted by atomic mass is 10.0. The number of carbonyl (C=O) groups is 2. The molecule has 0 heterocycles. The molecule has 0 aromatic rings. The van der Waals surface area contributed by atoms with E-state index in [1.165, 1.54) is 44.9 Å². The van der Waals surface area contributed by atoms with Crippen molar-refractivity contribution in [3.63, 3.8) is 0 Å². The summed E-state index contributed by atoms with van der Waals surface area (Å²) in [4.78, 5) is 23.6. The molecule has 0 aliphatic carbocycles. The molecule has 0 aromatic carbocycles. The number of likely N-dealkylation sites (N-methyl/N-ethyl adjacent to an activating group) is 1. The molecular weight excluding hydrogens is 316 g/mol. The van der Waals surface area contributed by atoms with Crippen molar-refractivity contribution >= 4 is 11.9 Å². The van der Waals surface area contributed by atoms with E-state index < -0.39 is 18.1 Å². The highest BCUT2D eigenvalue weighted by atomic mass is 16.4. The maximum absolute atomic E-state index is 12.1. The molecule has 0 spiro atoms. The summed E-state index contributed by atoms with van der Waals surface area (Å²) in [6.07, 6.45) is 12.0. The highest BCUT2D eigenvalue weighted by molar-refractivity contribution is 5.78. The van der Waals surface area contributed by atoms with E-state index in [0.717, 1.165) is 12.8 Å². The van der Waals surface area contributed by atoms with Gasteiger partial charge < -0.3 is 19.7 Å². The van der Waals surface area contributed by atoms with E-state index in [-0.39, 0.29) is 10.4 Å². The van der Waals surface area contributed by atoms with Crippen molar-refractivity contribution in [2.75, 3.05) is 21.1 Å². The van der Waals surface area contributed by atoms with Crippen LogP contribution in [0.5, 0.6) is 0 Å². The molecule has 2 atom stereocenters. The molecule has 0 fully saturated rings. The third kappa shape index (κ3) is 11.2. The van der Waals surface area contributed by atoms with E-state index in [4.69, 9.17) is 0 Å². The lowest BCUT2D eigenvalue weighted by Gasteiger charge is -2.39. The number of nitrogens with zero attached hydrogens (tertiary/aromatic N) is 1. The molecule has 0 saturated carbocycles. The van der Waals surface area contributed by atoms with E-state index in [2.05, 4.69) is 12.2 Å². The topological polar surface area (TPSA) is 69.2 Å². The third-order valence-electron chi connectivity index (χ3n) is 4.75. The fourth-order valence-electron chi connectivity index (χ4n) is 3.30. The van der Waals surface area contributed by atoms with Crippen LogP contribution < -0.4 is 10.4 Å². The standard InChI is InChI=1S/C20H40N2O3/c1-6-8-9-10-11-12-13-14-15-16-18(23)21-17(7-2)19(20(24)25)22(3,4)5/h17,19H,6-16H2,1-5H3,(H-,21,23,24,25). The number of carboxylic acid groups (broad SMARTS) is 1. The fraction of sp³-hybridized carbons (Fsp3) is 0.900. The van der Waals surface area contributed by atoms with Gasteiger partial charge in [0.1, 0.15) is 12.0 Å². The Balaban J connectivity index is 4.04. The van der Waals surface area contributed by atoms with Crippen LogP contribution in [0.25, 0.3) is 0 Å². The highest BCUT2D eigenvalue weighted by Crippen LogP contribution is 2.13. The Morgan fingerprint density at radius 2 is 1.36 bits per heavy atom. The molecule has 5 nitrogen and oxygen atoms in total. The monoisotopic (exact) mass is 356 g/mol. The van der Waals surface area contributed by atoms with Gasteiger partial charge in [0.2, 0.25) is 5.91 Å². The predicted octanol–water partition coefficient (Wildman–Crippen LogP) is 2.63. The first-order valence-electron chi connectivity index (χ1n) is 10.0. The van der Waals surface area contributed by atoms with Crippen molar-refractivity contribution in [2.24, 2.45) is 0 Å². The van der Waals surface area contributed by atoms with Crippen molar-refractivity contribution in [1.29, 1.82) is 0 Å². The van der Waals surface area contributed by atoms with Gasteiger partial charge in [-0.2, -0.15) is 0 Å². The Kier molecular flexibility index (Phi) is 12.6. The maximum atomic E-state index is 12.1. The third-order valence-corrected chi connectivity index (χ3v) is 4.75. The zero-order valence-corrected chi connectivity index (χ0v) is 17.1. The normalized spacial score (nSPS) is 14.1. The van der Waals surface area contributed by atoms with Gasteiger partial charge in [0.15, 0.2) is 0 Å². The first kappa shape index (κ1) is 23.9. The lowest BCUT2D eigenvalue weighted by molar-refractivity contribution is -0.890. The van der Waals surface area contributed by atoms with E-state index >= 15 is 0 Å². The van der Waals surface area contributed by atoms with Crippen LogP contribution in [-0.2, 0) is 9.59 Å². The van der Waals surface area contributed by atoms with E-state index in [1.54, 1.807) is 0 Å². The second-order valence-electron chi connectivity index (χ2n) is 8.04. The molecule has 0 aliphatic rings. The second kappa shape index (κ2) is 13.2. The minimum atomic E-state index is -1.11. The number of amides is 1. The maximum Gasteiger partial charge on any atom is 0.220 e. The number of hydrogen-bond acceptors (Lipinski definition) is 3. The first-order chi connectivity index (χ1) is 11.7. The molecule has 0 saturated heterocycles. The number of carboxylic acids is 1. The van der Waals surface area contributed by atoms with E-state index in [9.17, 15) is 14.7 Å². The molecular formula is C20H40N2O3. The number of rotatable bonds is 15. The van der Waals surface area contributed by atoms with Gasteiger partial charge in [-0.1, -0.05) is 65.2 Å². The molecule has 2 unspecified atom stereocenters. The van der Waals surface area contributed by atoms with Crippen molar-refractivity contribution < 1.29 is 19.2 Å². The Morgan fingerprint density at radius 3 is 1.76 bits per heavy atom. The van der Waals surface area contributed by atoms with E-state index in [1.807, 2.05) is 28.1 Å². The predicted molar refractivity (Wildman–Crippen MR) is 101 cm³/mol. The van der Waals surface area contributed by atoms with Crippen LogP contribution in [0, 0.1) is 0 Å². The van der Waals surface area contributed by atoms with Crippen molar-refractivity contribution in [3.8, 4) is 0 Å². The zero-order chi connectivity index (χ0) is 19.3. The molecule has 0 aliphatic heterocycles. The molecule has 25 heavy (non-hydrogen) atoms. The fourth-order valence-corrected chi connectivity index (χ4v) is 3.30. The number of aliphatic carboxylic acids is 1. The second-order valence-corrected chi connectivity index (χ2v) is 8.04. The molecule has 0 radical (unpaired) electrons. The average molecular weight is 357 g/mol. The van der Waals surface area contributed by atoms with Gasteiger partial charge in [-0.05, 0) is 12.8 Å². The number of carbonyl (C=O) groups excluding carboxylic acids is 2. The minimum absolute atomic E-state index is 0.0468. The quantitative estimate of drug-likeness (QED) is 0.362. The van der Waals surface area contributed by atoms with Gasteiger partial charge in [-0.15, -0.1) is 0 Å². The molecule has 148 valence electrons. The van der Waals surface area contributed by atoms with E-state index in [0.29, 0.717) is 12.8 Å². The summed E-state index contributed by atoms with van der Waals surface area (Å²) in [5.41, 5.74) is 0. The van der Waals surface area contributed by atoms with Gasteiger partial charge >= 0.3 is 0 Å². The Labute approximate surface area is 154 Å². The Hall–Kier alpha value is -1.10. The summed E-state index contributed by atoms with van der Waals surface area (Å²) >= 11 is 0. The van der Waals surface area contributed by atoms with Crippen LogP contribution in [0.15, 0.2) is 0 Å². The molecule has 5 heteroatoms. The number of nitrogens with one attached hydrogen (secondary N) is 1. The van der Waals surface area contributed by atoms with Crippen LogP contribution >= 0.6 is 0 Å².